The van der Waals surface area contributed by atoms with Crippen LogP contribution in [0.1, 0.15) is 26.8 Å². The molecule has 2 aliphatic rings. The predicted octanol–water partition coefficient (Wildman–Crippen LogP) is 4.28. The first-order valence-electron chi connectivity index (χ1n) is 9.08. The van der Waals surface area contributed by atoms with Crippen molar-refractivity contribution in [2.45, 2.75) is 6.04 Å². The van der Waals surface area contributed by atoms with Gasteiger partial charge in [0.05, 0.1) is 10.9 Å². The molecule has 130 valence electrons. The van der Waals surface area contributed by atoms with Crippen molar-refractivity contribution in [2.75, 3.05) is 26.2 Å². The molecule has 0 bridgehead atoms. The van der Waals surface area contributed by atoms with Crippen molar-refractivity contribution < 1.29 is 4.79 Å². The molecule has 0 radical (unpaired) electrons. The van der Waals surface area contributed by atoms with Crippen molar-refractivity contribution in [3.05, 3.63) is 82.0 Å². The highest BCUT2D eigenvalue weighted by Gasteiger charge is 2.34. The standard InChI is InChI=1S/C22H20N2OS/c25-22(20-10-5-15-26-20)24-13-11-23(12-14-24)21-18-8-3-1-6-16(18)17-7-2-4-9-19(17)21/h1-10,15,21H,11-14H2. The van der Waals surface area contributed by atoms with Crippen LogP contribution in [-0.2, 0) is 0 Å². The lowest BCUT2D eigenvalue weighted by Gasteiger charge is -2.38. The van der Waals surface area contributed by atoms with Crippen LogP contribution >= 0.6 is 11.3 Å². The Morgan fingerprint density at radius 2 is 1.42 bits per heavy atom. The van der Waals surface area contributed by atoms with E-state index >= 15 is 0 Å². The summed E-state index contributed by atoms with van der Waals surface area (Å²) < 4.78 is 0. The average Bonchev–Trinajstić information content (AvgIpc) is 3.34. The molecule has 0 N–H and O–H groups in total. The number of carbonyl (C=O) groups excluding carboxylic acids is 1. The van der Waals surface area contributed by atoms with E-state index in [-0.39, 0.29) is 5.91 Å². The molecule has 4 heteroatoms. The Morgan fingerprint density at radius 3 is 2.00 bits per heavy atom. The second-order valence-electron chi connectivity index (χ2n) is 6.88. The second-order valence-corrected chi connectivity index (χ2v) is 7.83. The van der Waals surface area contributed by atoms with Gasteiger partial charge in [-0.1, -0.05) is 54.6 Å². The summed E-state index contributed by atoms with van der Waals surface area (Å²) in [6, 6.07) is 21.6. The van der Waals surface area contributed by atoms with Gasteiger partial charge in [-0.05, 0) is 33.7 Å². The Hall–Kier alpha value is -2.43. The van der Waals surface area contributed by atoms with Crippen LogP contribution in [0.15, 0.2) is 66.0 Å². The number of benzene rings is 2. The lowest BCUT2D eigenvalue weighted by Crippen LogP contribution is -2.49. The lowest BCUT2D eigenvalue weighted by atomic mass is 10.0. The highest BCUT2D eigenvalue weighted by atomic mass is 32.1. The van der Waals surface area contributed by atoms with Crippen molar-refractivity contribution in [1.29, 1.82) is 0 Å². The molecule has 5 rings (SSSR count). The number of carbonyl (C=O) groups is 1. The van der Waals surface area contributed by atoms with Crippen LogP contribution in [0.4, 0.5) is 0 Å². The van der Waals surface area contributed by atoms with Gasteiger partial charge >= 0.3 is 0 Å². The van der Waals surface area contributed by atoms with Gasteiger partial charge in [0, 0.05) is 26.2 Å². The Morgan fingerprint density at radius 1 is 0.808 bits per heavy atom. The first-order valence-corrected chi connectivity index (χ1v) is 9.96. The third kappa shape index (κ3) is 2.49. The maximum Gasteiger partial charge on any atom is 0.264 e. The summed E-state index contributed by atoms with van der Waals surface area (Å²) in [5, 5.41) is 1.97. The number of amides is 1. The summed E-state index contributed by atoms with van der Waals surface area (Å²) in [7, 11) is 0. The molecule has 26 heavy (non-hydrogen) atoms. The Balaban J connectivity index is 1.39. The quantitative estimate of drug-likeness (QED) is 0.681. The molecule has 0 saturated carbocycles. The van der Waals surface area contributed by atoms with Gasteiger partial charge in [-0.3, -0.25) is 9.69 Å². The highest BCUT2D eigenvalue weighted by Crippen LogP contribution is 2.46. The Labute approximate surface area is 157 Å². The molecule has 1 amide bonds. The Kier molecular flexibility index (Phi) is 3.88. The van der Waals surface area contributed by atoms with Gasteiger partial charge < -0.3 is 4.90 Å². The Bertz CT molecular complexity index is 897. The lowest BCUT2D eigenvalue weighted by molar-refractivity contribution is 0.0604. The molecule has 2 aromatic carbocycles. The van der Waals surface area contributed by atoms with Crippen molar-refractivity contribution in [1.82, 2.24) is 9.80 Å². The number of hydrogen-bond acceptors (Lipinski definition) is 3. The minimum absolute atomic E-state index is 0.173. The summed E-state index contributed by atoms with van der Waals surface area (Å²) in [6.07, 6.45) is 0. The van der Waals surface area contributed by atoms with E-state index in [4.69, 9.17) is 0 Å². The van der Waals surface area contributed by atoms with E-state index in [1.165, 1.54) is 33.6 Å². The van der Waals surface area contributed by atoms with Gasteiger partial charge in [-0.2, -0.15) is 0 Å². The van der Waals surface area contributed by atoms with E-state index in [1.807, 2.05) is 22.4 Å². The molecule has 1 aliphatic heterocycles. The fourth-order valence-electron chi connectivity index (χ4n) is 4.26. The van der Waals surface area contributed by atoms with E-state index in [9.17, 15) is 4.79 Å². The number of fused-ring (bicyclic) bond motifs is 3. The molecule has 0 unspecified atom stereocenters. The van der Waals surface area contributed by atoms with Crippen LogP contribution < -0.4 is 0 Å². The van der Waals surface area contributed by atoms with E-state index in [2.05, 4.69) is 53.4 Å². The van der Waals surface area contributed by atoms with Crippen LogP contribution in [0.5, 0.6) is 0 Å². The number of thiophene rings is 1. The maximum absolute atomic E-state index is 12.6. The van der Waals surface area contributed by atoms with Gasteiger partial charge in [-0.25, -0.2) is 0 Å². The van der Waals surface area contributed by atoms with Gasteiger partial charge in [0.1, 0.15) is 0 Å². The molecule has 3 nitrogen and oxygen atoms in total. The molecular weight excluding hydrogens is 340 g/mol. The van der Waals surface area contributed by atoms with E-state index in [1.54, 1.807) is 0 Å². The molecule has 1 aliphatic carbocycles. The van der Waals surface area contributed by atoms with Crippen molar-refractivity contribution in [3.63, 3.8) is 0 Å². The SMILES string of the molecule is O=C(c1cccs1)N1CCN(C2c3ccccc3-c3ccccc32)CC1. The highest BCUT2D eigenvalue weighted by molar-refractivity contribution is 7.12. The summed E-state index contributed by atoms with van der Waals surface area (Å²) in [5.74, 6) is 0.173. The number of rotatable bonds is 2. The van der Waals surface area contributed by atoms with Crippen molar-refractivity contribution >= 4 is 17.2 Å². The molecule has 2 heterocycles. The maximum atomic E-state index is 12.6. The molecule has 0 atom stereocenters. The van der Waals surface area contributed by atoms with Crippen LogP contribution in [0.3, 0.4) is 0 Å². The van der Waals surface area contributed by atoms with E-state index in [0.717, 1.165) is 31.1 Å². The zero-order valence-electron chi connectivity index (χ0n) is 14.5. The van der Waals surface area contributed by atoms with Gasteiger partial charge in [0.25, 0.3) is 5.91 Å². The predicted molar refractivity (Wildman–Crippen MR) is 106 cm³/mol. The number of nitrogens with zero attached hydrogens (tertiary/aromatic N) is 2. The van der Waals surface area contributed by atoms with Crippen LogP contribution in [0.2, 0.25) is 0 Å². The zero-order valence-corrected chi connectivity index (χ0v) is 15.3. The molecular formula is C22H20N2OS. The monoisotopic (exact) mass is 360 g/mol. The molecule has 1 fully saturated rings. The smallest absolute Gasteiger partial charge is 0.264 e. The minimum Gasteiger partial charge on any atom is -0.335 e. The van der Waals surface area contributed by atoms with Crippen LogP contribution in [0.25, 0.3) is 11.1 Å². The summed E-state index contributed by atoms with van der Waals surface area (Å²) in [5.41, 5.74) is 5.49. The zero-order chi connectivity index (χ0) is 17.5. The summed E-state index contributed by atoms with van der Waals surface area (Å²) >= 11 is 1.53. The molecule has 1 aromatic heterocycles. The van der Waals surface area contributed by atoms with Gasteiger partial charge in [0.2, 0.25) is 0 Å². The third-order valence-corrected chi connectivity index (χ3v) is 6.36. The van der Waals surface area contributed by atoms with E-state index < -0.39 is 0 Å². The summed E-state index contributed by atoms with van der Waals surface area (Å²) in [4.78, 5) is 18.0. The van der Waals surface area contributed by atoms with Crippen molar-refractivity contribution in [3.8, 4) is 11.1 Å². The molecule has 1 saturated heterocycles. The fraction of sp³-hybridized carbons (Fsp3) is 0.227. The average molecular weight is 360 g/mol. The van der Waals surface area contributed by atoms with Crippen molar-refractivity contribution in [2.24, 2.45) is 0 Å². The molecule has 0 spiro atoms. The number of hydrogen-bond donors (Lipinski definition) is 0. The van der Waals surface area contributed by atoms with E-state index in [0.29, 0.717) is 6.04 Å². The third-order valence-electron chi connectivity index (χ3n) is 5.50. The largest absolute Gasteiger partial charge is 0.335 e. The first kappa shape index (κ1) is 15.8. The van der Waals surface area contributed by atoms with Gasteiger partial charge in [0.15, 0.2) is 0 Å². The van der Waals surface area contributed by atoms with Gasteiger partial charge in [-0.15, -0.1) is 11.3 Å². The minimum atomic E-state index is 0.173. The normalized spacial score (nSPS) is 17.2. The van der Waals surface area contributed by atoms with Crippen LogP contribution in [-0.4, -0.2) is 41.9 Å². The fourth-order valence-corrected chi connectivity index (χ4v) is 4.95. The molecule has 3 aromatic rings. The topological polar surface area (TPSA) is 23.6 Å². The van der Waals surface area contributed by atoms with Crippen LogP contribution in [0, 0.1) is 0 Å². The number of piperazine rings is 1. The summed E-state index contributed by atoms with van der Waals surface area (Å²) in [6.45, 7) is 3.39. The second kappa shape index (κ2) is 6.38. The first-order chi connectivity index (χ1) is 12.8.